The lowest BCUT2D eigenvalue weighted by molar-refractivity contribution is -0.131. The largest absolute Gasteiger partial charge is 0.422 e. The third-order valence-corrected chi connectivity index (χ3v) is 5.44. The predicted molar refractivity (Wildman–Crippen MR) is 96.5 cm³/mol. The third kappa shape index (κ3) is 3.62. The molecule has 4 rings (SSSR count). The second-order valence-corrected chi connectivity index (χ2v) is 7.35. The van der Waals surface area contributed by atoms with Gasteiger partial charge >= 0.3 is 0 Å². The van der Waals surface area contributed by atoms with Crippen LogP contribution in [0.4, 0.5) is 6.01 Å². The Hall–Kier alpha value is -2.11. The SMILES string of the molecule is Cc1ccc2oc(N3CCCN(C(=O)CC4CCCC4)CC3)nc2n1. The van der Waals surface area contributed by atoms with Crippen molar-refractivity contribution in [3.05, 3.63) is 17.8 Å². The van der Waals surface area contributed by atoms with Crippen LogP contribution in [0.1, 0.15) is 44.2 Å². The van der Waals surface area contributed by atoms with Gasteiger partial charge in [0.15, 0.2) is 5.58 Å². The van der Waals surface area contributed by atoms with E-state index in [9.17, 15) is 4.79 Å². The normalized spacial score (nSPS) is 19.6. The number of hydrogen-bond donors (Lipinski definition) is 0. The van der Waals surface area contributed by atoms with Crippen molar-refractivity contribution in [2.75, 3.05) is 31.1 Å². The maximum Gasteiger partial charge on any atom is 0.300 e. The quantitative estimate of drug-likeness (QED) is 0.857. The number of oxazole rings is 1. The van der Waals surface area contributed by atoms with Crippen LogP contribution in [0.3, 0.4) is 0 Å². The van der Waals surface area contributed by atoms with Crippen molar-refractivity contribution in [3.63, 3.8) is 0 Å². The molecule has 6 nitrogen and oxygen atoms in total. The van der Waals surface area contributed by atoms with Gasteiger partial charge in [-0.05, 0) is 44.2 Å². The monoisotopic (exact) mass is 342 g/mol. The van der Waals surface area contributed by atoms with E-state index in [2.05, 4.69) is 14.9 Å². The summed E-state index contributed by atoms with van der Waals surface area (Å²) in [5.74, 6) is 0.932. The van der Waals surface area contributed by atoms with Gasteiger partial charge in [0.25, 0.3) is 6.01 Å². The van der Waals surface area contributed by atoms with E-state index in [0.29, 0.717) is 23.5 Å². The number of carbonyl (C=O) groups is 1. The molecule has 1 aliphatic carbocycles. The number of pyridine rings is 1. The van der Waals surface area contributed by atoms with E-state index in [4.69, 9.17) is 4.42 Å². The molecule has 1 saturated heterocycles. The van der Waals surface area contributed by atoms with Crippen LogP contribution in [0.15, 0.2) is 16.5 Å². The highest BCUT2D eigenvalue weighted by atomic mass is 16.4. The average molecular weight is 342 g/mol. The maximum atomic E-state index is 12.6. The summed E-state index contributed by atoms with van der Waals surface area (Å²) < 4.78 is 5.87. The van der Waals surface area contributed by atoms with E-state index in [1.54, 1.807) is 0 Å². The predicted octanol–water partition coefficient (Wildman–Crippen LogP) is 3.15. The van der Waals surface area contributed by atoms with Crippen LogP contribution in [0.5, 0.6) is 0 Å². The molecule has 2 aromatic rings. The first-order chi connectivity index (χ1) is 12.2. The molecule has 25 heavy (non-hydrogen) atoms. The van der Waals surface area contributed by atoms with Crippen LogP contribution in [-0.2, 0) is 4.79 Å². The Morgan fingerprint density at radius 3 is 2.80 bits per heavy atom. The summed E-state index contributed by atoms with van der Waals surface area (Å²) in [6, 6.07) is 4.48. The van der Waals surface area contributed by atoms with E-state index in [0.717, 1.165) is 50.3 Å². The summed E-state index contributed by atoms with van der Waals surface area (Å²) in [5.41, 5.74) is 2.32. The zero-order valence-corrected chi connectivity index (χ0v) is 14.9. The fourth-order valence-corrected chi connectivity index (χ4v) is 3.99. The Labute approximate surface area is 148 Å². The molecule has 1 amide bonds. The summed E-state index contributed by atoms with van der Waals surface area (Å²) in [6.07, 6.45) is 6.70. The minimum atomic E-state index is 0.323. The molecule has 1 saturated carbocycles. The first kappa shape index (κ1) is 16.4. The van der Waals surface area contributed by atoms with Crippen molar-refractivity contribution in [2.45, 2.75) is 45.4 Å². The fraction of sp³-hybridized carbons (Fsp3) is 0.632. The minimum absolute atomic E-state index is 0.323. The number of amides is 1. The van der Waals surface area contributed by atoms with Crippen LogP contribution < -0.4 is 4.90 Å². The summed E-state index contributed by atoms with van der Waals surface area (Å²) >= 11 is 0. The highest BCUT2D eigenvalue weighted by molar-refractivity contribution is 5.76. The van der Waals surface area contributed by atoms with Gasteiger partial charge in [-0.25, -0.2) is 4.98 Å². The third-order valence-electron chi connectivity index (χ3n) is 5.44. The van der Waals surface area contributed by atoms with Gasteiger partial charge in [-0.3, -0.25) is 4.79 Å². The molecule has 3 heterocycles. The van der Waals surface area contributed by atoms with Gasteiger partial charge < -0.3 is 14.2 Å². The Kier molecular flexibility index (Phi) is 4.59. The fourth-order valence-electron chi connectivity index (χ4n) is 3.99. The number of aryl methyl sites for hydroxylation is 1. The summed E-state index contributed by atoms with van der Waals surface area (Å²) in [7, 11) is 0. The van der Waals surface area contributed by atoms with Crippen molar-refractivity contribution < 1.29 is 9.21 Å². The average Bonchev–Trinajstić information content (AvgIpc) is 3.18. The van der Waals surface area contributed by atoms with E-state index in [1.807, 2.05) is 24.0 Å². The molecule has 0 bridgehead atoms. The lowest BCUT2D eigenvalue weighted by Gasteiger charge is -2.22. The molecule has 134 valence electrons. The molecule has 6 heteroatoms. The van der Waals surface area contributed by atoms with Crippen LogP contribution >= 0.6 is 0 Å². The van der Waals surface area contributed by atoms with Gasteiger partial charge in [-0.2, -0.15) is 4.98 Å². The van der Waals surface area contributed by atoms with E-state index in [-0.39, 0.29) is 0 Å². The molecule has 2 fully saturated rings. The van der Waals surface area contributed by atoms with E-state index < -0.39 is 0 Å². The van der Waals surface area contributed by atoms with Gasteiger partial charge in [0.05, 0.1) is 0 Å². The minimum Gasteiger partial charge on any atom is -0.422 e. The number of nitrogens with zero attached hydrogens (tertiary/aromatic N) is 4. The lowest BCUT2D eigenvalue weighted by Crippen LogP contribution is -2.36. The molecule has 2 aliphatic rings. The van der Waals surface area contributed by atoms with Crippen LogP contribution in [-0.4, -0.2) is 47.0 Å². The van der Waals surface area contributed by atoms with Gasteiger partial charge in [0.1, 0.15) is 0 Å². The molecule has 0 radical (unpaired) electrons. The van der Waals surface area contributed by atoms with Crippen molar-refractivity contribution in [2.24, 2.45) is 5.92 Å². The second-order valence-electron chi connectivity index (χ2n) is 7.35. The molecule has 0 N–H and O–H groups in total. The molecule has 1 aliphatic heterocycles. The molecular weight excluding hydrogens is 316 g/mol. The zero-order chi connectivity index (χ0) is 17.2. The Bertz CT molecular complexity index is 751. The summed E-state index contributed by atoms with van der Waals surface area (Å²) in [4.78, 5) is 25.7. The molecule has 0 spiro atoms. The highest BCUT2D eigenvalue weighted by Crippen LogP contribution is 2.28. The number of rotatable bonds is 3. The van der Waals surface area contributed by atoms with Gasteiger partial charge in [-0.1, -0.05) is 12.8 Å². The Balaban J connectivity index is 1.40. The molecule has 0 atom stereocenters. The van der Waals surface area contributed by atoms with Gasteiger partial charge in [0, 0.05) is 38.3 Å². The summed E-state index contributed by atoms with van der Waals surface area (Å²) in [6.45, 7) is 5.16. The van der Waals surface area contributed by atoms with Crippen molar-refractivity contribution >= 4 is 23.2 Å². The number of fused-ring (bicyclic) bond motifs is 1. The van der Waals surface area contributed by atoms with E-state index in [1.165, 1.54) is 25.7 Å². The molecule has 2 aromatic heterocycles. The molecule has 0 aromatic carbocycles. The van der Waals surface area contributed by atoms with Crippen LogP contribution in [0, 0.1) is 12.8 Å². The Morgan fingerprint density at radius 1 is 1.12 bits per heavy atom. The number of hydrogen-bond acceptors (Lipinski definition) is 5. The van der Waals surface area contributed by atoms with Gasteiger partial charge in [-0.15, -0.1) is 0 Å². The lowest BCUT2D eigenvalue weighted by atomic mass is 10.0. The highest BCUT2D eigenvalue weighted by Gasteiger charge is 2.25. The Morgan fingerprint density at radius 2 is 1.96 bits per heavy atom. The zero-order valence-electron chi connectivity index (χ0n) is 14.9. The number of anilines is 1. The summed E-state index contributed by atoms with van der Waals surface area (Å²) in [5, 5.41) is 0. The van der Waals surface area contributed by atoms with Crippen LogP contribution in [0.25, 0.3) is 11.2 Å². The standard InChI is InChI=1S/C19H26N4O2/c1-14-7-8-16-18(20-14)21-19(25-16)23-10-4-9-22(11-12-23)17(24)13-15-5-2-3-6-15/h7-8,15H,2-6,9-13H2,1H3. The topological polar surface area (TPSA) is 62.5 Å². The second kappa shape index (κ2) is 7.02. The first-order valence-electron chi connectivity index (χ1n) is 9.46. The first-order valence-corrected chi connectivity index (χ1v) is 9.46. The molecular formula is C19H26N4O2. The number of carbonyl (C=O) groups excluding carboxylic acids is 1. The smallest absolute Gasteiger partial charge is 0.300 e. The maximum absolute atomic E-state index is 12.6. The van der Waals surface area contributed by atoms with Crippen molar-refractivity contribution in [1.29, 1.82) is 0 Å². The van der Waals surface area contributed by atoms with E-state index >= 15 is 0 Å². The number of aromatic nitrogens is 2. The van der Waals surface area contributed by atoms with Crippen molar-refractivity contribution in [3.8, 4) is 0 Å². The van der Waals surface area contributed by atoms with Crippen molar-refractivity contribution in [1.82, 2.24) is 14.9 Å². The van der Waals surface area contributed by atoms with Crippen LogP contribution in [0.2, 0.25) is 0 Å². The molecule has 0 unspecified atom stereocenters. The van der Waals surface area contributed by atoms with Gasteiger partial charge in [0.2, 0.25) is 11.6 Å².